The van der Waals surface area contributed by atoms with Crippen molar-refractivity contribution in [1.29, 1.82) is 5.26 Å². The number of benzene rings is 2. The van der Waals surface area contributed by atoms with Crippen molar-refractivity contribution in [2.75, 3.05) is 13.7 Å². The van der Waals surface area contributed by atoms with Gasteiger partial charge >= 0.3 is 5.97 Å². The summed E-state index contributed by atoms with van der Waals surface area (Å²) < 4.78 is 29.3. The second-order valence-corrected chi connectivity index (χ2v) is 9.16. The van der Waals surface area contributed by atoms with Crippen LogP contribution in [0.4, 0.5) is 0 Å². The molecule has 0 N–H and O–H groups in total. The molecule has 1 atom stereocenters. The number of methoxy groups -OCH3 is 1. The summed E-state index contributed by atoms with van der Waals surface area (Å²) in [5, 5.41) is 28.6. The summed E-state index contributed by atoms with van der Waals surface area (Å²) in [5.74, 6) is 0.686. The van der Waals surface area contributed by atoms with Crippen LogP contribution in [0.1, 0.15) is 46.5 Å². The first-order valence-electron chi connectivity index (χ1n) is 12.7. The molecule has 0 radical (unpaired) electrons. The molecule has 0 amide bonds. The van der Waals surface area contributed by atoms with Crippen LogP contribution < -0.4 is 4.74 Å². The van der Waals surface area contributed by atoms with Gasteiger partial charge in [0.15, 0.2) is 23.4 Å². The molecule has 1 saturated heterocycles. The Morgan fingerprint density at radius 1 is 1.12 bits per heavy atom. The Balaban J connectivity index is 1.29. The van der Waals surface area contributed by atoms with Gasteiger partial charge in [-0.2, -0.15) is 9.78 Å². The molecule has 1 fully saturated rings. The molecule has 0 aliphatic carbocycles. The second-order valence-electron chi connectivity index (χ2n) is 9.16. The lowest BCUT2D eigenvalue weighted by molar-refractivity contribution is -0.171. The first-order valence-corrected chi connectivity index (χ1v) is 12.7. The van der Waals surface area contributed by atoms with E-state index in [9.17, 15) is 10.1 Å². The van der Waals surface area contributed by atoms with Crippen LogP contribution in [0.5, 0.6) is 5.88 Å². The van der Waals surface area contributed by atoms with E-state index in [1.165, 1.54) is 13.2 Å². The van der Waals surface area contributed by atoms with Gasteiger partial charge in [0.2, 0.25) is 11.7 Å². The van der Waals surface area contributed by atoms with Gasteiger partial charge in [-0.05, 0) is 37.5 Å². The third-order valence-corrected chi connectivity index (χ3v) is 6.58. The minimum absolute atomic E-state index is 0.0407. The fourth-order valence-corrected chi connectivity index (χ4v) is 4.52. The van der Waals surface area contributed by atoms with Crippen molar-refractivity contribution < 1.29 is 28.3 Å². The Hall–Kier alpha value is -4.86. The number of carbonyl (C=O) groups excluding carboxylic acids is 1. The minimum atomic E-state index is -0.521. The Kier molecular flexibility index (Phi) is 7.05. The molecular formula is C28H24N6O6. The van der Waals surface area contributed by atoms with Crippen LogP contribution in [0.2, 0.25) is 0 Å². The zero-order valence-electron chi connectivity index (χ0n) is 21.6. The molecule has 2 aromatic carbocycles. The van der Waals surface area contributed by atoms with Crippen LogP contribution in [0, 0.1) is 11.3 Å². The summed E-state index contributed by atoms with van der Waals surface area (Å²) in [4.78, 5) is 11.9. The summed E-state index contributed by atoms with van der Waals surface area (Å²) in [6.45, 7) is 0.951. The fraction of sp³-hybridized carbons (Fsp3) is 0.286. The van der Waals surface area contributed by atoms with E-state index >= 15 is 0 Å². The molecule has 1 unspecified atom stereocenters. The molecule has 12 nitrogen and oxygen atoms in total. The molecule has 1 aliphatic rings. The maximum Gasteiger partial charge on any atom is 0.337 e. The van der Waals surface area contributed by atoms with Crippen LogP contribution in [0.15, 0.2) is 53.1 Å². The molecule has 3 aromatic heterocycles. The van der Waals surface area contributed by atoms with Gasteiger partial charge in [-0.25, -0.2) is 4.79 Å². The lowest BCUT2D eigenvalue weighted by Crippen LogP contribution is -2.21. The van der Waals surface area contributed by atoms with Crippen molar-refractivity contribution in [3.8, 4) is 23.5 Å². The van der Waals surface area contributed by atoms with Gasteiger partial charge in [-0.15, -0.1) is 15.3 Å². The lowest BCUT2D eigenvalue weighted by atomic mass is 10.1. The zero-order chi connectivity index (χ0) is 27.5. The van der Waals surface area contributed by atoms with E-state index in [2.05, 4.69) is 26.5 Å². The van der Waals surface area contributed by atoms with Gasteiger partial charge in [0.1, 0.15) is 13.2 Å². The Morgan fingerprint density at radius 3 is 2.80 bits per heavy atom. The summed E-state index contributed by atoms with van der Waals surface area (Å²) in [5.41, 5.74) is 2.14. The van der Waals surface area contributed by atoms with Crippen molar-refractivity contribution in [2.24, 2.45) is 0 Å². The zero-order valence-corrected chi connectivity index (χ0v) is 21.6. The van der Waals surface area contributed by atoms with E-state index in [4.69, 9.17) is 23.5 Å². The van der Waals surface area contributed by atoms with E-state index in [-0.39, 0.29) is 25.1 Å². The van der Waals surface area contributed by atoms with Crippen molar-refractivity contribution in [3.05, 3.63) is 71.0 Å². The van der Waals surface area contributed by atoms with E-state index in [1.54, 1.807) is 22.7 Å². The smallest absolute Gasteiger partial charge is 0.337 e. The minimum Gasteiger partial charge on any atom is -0.471 e. The van der Waals surface area contributed by atoms with Crippen LogP contribution in [-0.2, 0) is 27.4 Å². The van der Waals surface area contributed by atoms with Gasteiger partial charge in [0.05, 0.1) is 24.3 Å². The molecule has 12 heteroatoms. The average molecular weight is 541 g/mol. The SMILES string of the molecule is COC(=O)c1ccc(COc2nn3c(-c4cc(COC5CCCCO5)on4)nnc3c3ccccc23)c(C#N)c1. The first kappa shape index (κ1) is 25.4. The summed E-state index contributed by atoms with van der Waals surface area (Å²) in [6, 6.07) is 16.1. The van der Waals surface area contributed by atoms with Crippen molar-refractivity contribution in [2.45, 2.75) is 38.8 Å². The Labute approximate surface area is 228 Å². The van der Waals surface area contributed by atoms with Gasteiger partial charge < -0.3 is 23.5 Å². The maximum atomic E-state index is 11.9. The van der Waals surface area contributed by atoms with E-state index in [0.29, 0.717) is 46.5 Å². The van der Waals surface area contributed by atoms with Crippen LogP contribution >= 0.6 is 0 Å². The summed E-state index contributed by atoms with van der Waals surface area (Å²) in [6.07, 6.45) is 2.71. The predicted octanol–water partition coefficient (Wildman–Crippen LogP) is 4.21. The van der Waals surface area contributed by atoms with Gasteiger partial charge in [-0.3, -0.25) is 0 Å². The quantitative estimate of drug-likeness (QED) is 0.261. The number of ether oxygens (including phenoxy) is 4. The van der Waals surface area contributed by atoms with Gasteiger partial charge in [0.25, 0.3) is 0 Å². The van der Waals surface area contributed by atoms with Crippen molar-refractivity contribution >= 4 is 22.4 Å². The number of aromatic nitrogens is 5. The third-order valence-electron chi connectivity index (χ3n) is 6.58. The van der Waals surface area contributed by atoms with E-state index in [0.717, 1.165) is 30.0 Å². The molecule has 4 heterocycles. The fourth-order valence-electron chi connectivity index (χ4n) is 4.52. The van der Waals surface area contributed by atoms with E-state index < -0.39 is 5.97 Å². The number of hydrogen-bond donors (Lipinski definition) is 0. The highest BCUT2D eigenvalue weighted by Crippen LogP contribution is 2.30. The number of fused-ring (bicyclic) bond motifs is 3. The summed E-state index contributed by atoms with van der Waals surface area (Å²) in [7, 11) is 1.29. The topological polar surface area (TPSA) is 147 Å². The number of nitrogens with zero attached hydrogens (tertiary/aromatic N) is 6. The molecule has 1 aliphatic heterocycles. The van der Waals surface area contributed by atoms with Crippen molar-refractivity contribution in [3.63, 3.8) is 0 Å². The standard InChI is InChI=1S/C28H24N6O6/c1-36-28(35)17-9-10-18(19(12-17)14-29)15-39-27-22-7-3-2-6-21(22)25-30-31-26(34(25)32-27)23-13-20(40-33-23)16-38-24-8-4-5-11-37-24/h2-3,6-7,9-10,12-13,24H,4-5,8,11,15-16H2,1H3. The second kappa shape index (κ2) is 11.1. The molecule has 6 rings (SSSR count). The van der Waals surface area contributed by atoms with Gasteiger partial charge in [0, 0.05) is 29.0 Å². The molecule has 202 valence electrons. The first-order chi connectivity index (χ1) is 19.6. The molecular weight excluding hydrogens is 516 g/mol. The molecule has 0 spiro atoms. The number of carbonyl (C=O) groups is 1. The van der Waals surface area contributed by atoms with Gasteiger partial charge in [-0.1, -0.05) is 29.4 Å². The Bertz CT molecular complexity index is 1730. The molecule has 5 aromatic rings. The number of hydrogen-bond acceptors (Lipinski definition) is 11. The number of nitriles is 1. The molecule has 0 saturated carbocycles. The normalized spacial score (nSPS) is 15.2. The van der Waals surface area contributed by atoms with E-state index in [1.807, 2.05) is 24.3 Å². The summed E-state index contributed by atoms with van der Waals surface area (Å²) >= 11 is 0. The van der Waals surface area contributed by atoms with Crippen LogP contribution in [0.25, 0.3) is 27.9 Å². The van der Waals surface area contributed by atoms with Crippen molar-refractivity contribution in [1.82, 2.24) is 25.0 Å². The van der Waals surface area contributed by atoms with Crippen LogP contribution in [-0.4, -0.2) is 50.9 Å². The largest absolute Gasteiger partial charge is 0.471 e. The highest BCUT2D eigenvalue weighted by molar-refractivity contribution is 5.97. The predicted molar refractivity (Wildman–Crippen MR) is 139 cm³/mol. The average Bonchev–Trinajstić information content (AvgIpc) is 3.66. The number of esters is 1. The monoisotopic (exact) mass is 540 g/mol. The maximum absolute atomic E-state index is 11.9. The molecule has 40 heavy (non-hydrogen) atoms. The lowest BCUT2D eigenvalue weighted by Gasteiger charge is -2.21. The third kappa shape index (κ3) is 4.95. The highest BCUT2D eigenvalue weighted by Gasteiger charge is 2.21. The van der Waals surface area contributed by atoms with Crippen LogP contribution in [0.3, 0.4) is 0 Å². The number of rotatable bonds is 8. The highest BCUT2D eigenvalue weighted by atomic mass is 16.7. The molecule has 0 bridgehead atoms. The Morgan fingerprint density at radius 2 is 2.00 bits per heavy atom.